The van der Waals surface area contributed by atoms with Crippen LogP contribution < -0.4 is 16.4 Å². The number of para-hydroxylation sites is 1. The molecule has 0 aliphatic rings. The van der Waals surface area contributed by atoms with Crippen LogP contribution in [-0.2, 0) is 6.18 Å². The van der Waals surface area contributed by atoms with Crippen molar-refractivity contribution in [1.29, 1.82) is 0 Å². The van der Waals surface area contributed by atoms with Gasteiger partial charge in [0.1, 0.15) is 0 Å². The normalized spacial score (nSPS) is 12.7. The summed E-state index contributed by atoms with van der Waals surface area (Å²) in [5, 5.41) is 7.99. The number of nitrogen functional groups attached to an aromatic ring is 1. The summed E-state index contributed by atoms with van der Waals surface area (Å²) in [6.07, 6.45) is 15.8. The number of hydrogen-bond donors (Lipinski definition) is 4. The Bertz CT molecular complexity index is 1470. The maximum Gasteiger partial charge on any atom is 0.418 e. The molecule has 1 heterocycles. The van der Waals surface area contributed by atoms with Crippen LogP contribution in [0, 0.1) is 44.4 Å². The third kappa shape index (κ3) is 24.2. The number of fused-ring (bicyclic) bond motifs is 1. The molecule has 4 nitrogen and oxygen atoms in total. The van der Waals surface area contributed by atoms with Crippen molar-refractivity contribution in [2.24, 2.45) is 23.7 Å². The van der Waals surface area contributed by atoms with Crippen molar-refractivity contribution in [2.45, 2.75) is 180 Å². The van der Waals surface area contributed by atoms with Gasteiger partial charge >= 0.3 is 6.18 Å². The Morgan fingerprint density at radius 2 is 1.46 bits per heavy atom. The number of hydrogen-bond acceptors (Lipinski definition) is 3. The Morgan fingerprint density at radius 3 is 1.96 bits per heavy atom. The van der Waals surface area contributed by atoms with Crippen molar-refractivity contribution in [3.05, 3.63) is 83.3 Å². The van der Waals surface area contributed by atoms with E-state index in [9.17, 15) is 13.2 Å². The molecule has 0 radical (unpaired) electrons. The molecule has 7 heteroatoms. The van der Waals surface area contributed by atoms with Gasteiger partial charge in [0.2, 0.25) is 0 Å². The lowest BCUT2D eigenvalue weighted by Gasteiger charge is -2.26. The first-order valence-electron chi connectivity index (χ1n) is 22.3. The number of nitrogens with two attached hydrogens (primary N) is 1. The molecular weight excluding hydrogens is 714 g/mol. The van der Waals surface area contributed by atoms with E-state index in [0.717, 1.165) is 42.7 Å². The molecule has 1 aromatic heterocycles. The molecule has 0 aliphatic carbocycles. The molecule has 0 aliphatic heterocycles. The summed E-state index contributed by atoms with van der Waals surface area (Å²) < 4.78 is 37.0. The third-order valence-electron chi connectivity index (χ3n) is 10.3. The standard InChI is InChI=1S/C18H37N.C14H18N2.C9H10F3N.C7H16.C2H6/c1-6-11-17(7-2)18(14-15-19-8-3)13-10-9-12-16(4)5;1-4-7-10(2)15-14-11(3)16-13-9-6-5-8-12(13)14;1-5-3-6(2)8(13)7(4-5)9(10,11)12;1-4-6-7(3)5-2;1-2/h8,16-19H,3,6-7,9-15H2,1-2,4-5H3;5-9,15-16H,4H2,1-3H3;3-4H,13H2,1-2H3;7H,4-6H2,1-3H3;1-2H3/b;10-7-;;;. The minimum Gasteiger partial charge on any atom is -0.398 e. The quantitative estimate of drug-likeness (QED) is 0.0721. The van der Waals surface area contributed by atoms with Crippen LogP contribution in [0.2, 0.25) is 0 Å². The number of alkyl halides is 3. The minimum atomic E-state index is -4.36. The van der Waals surface area contributed by atoms with Gasteiger partial charge in [-0.2, -0.15) is 13.2 Å². The predicted molar refractivity (Wildman–Crippen MR) is 250 cm³/mol. The molecule has 0 saturated carbocycles. The molecule has 328 valence electrons. The number of aryl methyl sites for hydroxylation is 3. The van der Waals surface area contributed by atoms with Crippen molar-refractivity contribution >= 4 is 22.3 Å². The fourth-order valence-corrected chi connectivity index (χ4v) is 6.99. The van der Waals surface area contributed by atoms with Gasteiger partial charge in [0.25, 0.3) is 0 Å². The summed E-state index contributed by atoms with van der Waals surface area (Å²) >= 11 is 0. The lowest BCUT2D eigenvalue weighted by Crippen LogP contribution is -2.19. The number of aromatic nitrogens is 1. The molecular formula is C50H87F3N4. The Kier molecular flexibility index (Phi) is 31.9. The fraction of sp³-hybridized carbons (Fsp3) is 0.640. The van der Waals surface area contributed by atoms with E-state index in [1.807, 2.05) is 20.0 Å². The highest BCUT2D eigenvalue weighted by atomic mass is 19.4. The lowest BCUT2D eigenvalue weighted by molar-refractivity contribution is -0.137. The molecule has 3 aromatic rings. The predicted octanol–water partition coefficient (Wildman–Crippen LogP) is 16.7. The van der Waals surface area contributed by atoms with Crippen LogP contribution in [-0.4, -0.2) is 11.5 Å². The van der Waals surface area contributed by atoms with Gasteiger partial charge in [-0.05, 0) is 88.1 Å². The molecule has 0 fully saturated rings. The molecule has 0 amide bonds. The Hall–Kier alpha value is -3.35. The Morgan fingerprint density at radius 1 is 0.842 bits per heavy atom. The van der Waals surface area contributed by atoms with Crippen molar-refractivity contribution in [1.82, 2.24) is 10.3 Å². The van der Waals surface area contributed by atoms with E-state index < -0.39 is 11.7 Å². The van der Waals surface area contributed by atoms with Crippen molar-refractivity contribution in [3.63, 3.8) is 0 Å². The van der Waals surface area contributed by atoms with Gasteiger partial charge in [-0.3, -0.25) is 0 Å². The minimum absolute atomic E-state index is 0.182. The summed E-state index contributed by atoms with van der Waals surface area (Å²) in [7, 11) is 0. The number of nitrogens with one attached hydrogen (secondary N) is 3. The first-order valence-corrected chi connectivity index (χ1v) is 22.3. The van der Waals surface area contributed by atoms with Crippen LogP contribution in [0.15, 0.2) is 61.0 Å². The zero-order chi connectivity index (χ0) is 44.0. The average Bonchev–Trinajstić information content (AvgIpc) is 3.48. The molecule has 3 unspecified atom stereocenters. The summed E-state index contributed by atoms with van der Waals surface area (Å²) in [6, 6.07) is 11.1. The first-order chi connectivity index (χ1) is 27.0. The topological polar surface area (TPSA) is 65.9 Å². The van der Waals surface area contributed by atoms with Crippen LogP contribution in [0.1, 0.15) is 176 Å². The van der Waals surface area contributed by atoms with Gasteiger partial charge in [0.15, 0.2) is 0 Å². The van der Waals surface area contributed by atoms with Crippen molar-refractivity contribution in [2.75, 3.05) is 17.6 Å². The number of rotatable bonds is 19. The van der Waals surface area contributed by atoms with Crippen molar-refractivity contribution in [3.8, 4) is 0 Å². The Balaban J connectivity index is 0. The number of unbranched alkanes of at least 4 members (excludes halogenated alkanes) is 1. The SMILES string of the molecule is C=CNCCC(CCCCC(C)C)C(CC)CCC.CC.CC/C=C(/C)Nc1c(C)[nH]c2ccccc12.CCCC(C)CC.Cc1cc(C)c(N)c(C(F)(F)F)c1. The Labute approximate surface area is 349 Å². The maximum absolute atomic E-state index is 12.3. The second-order valence-corrected chi connectivity index (χ2v) is 15.8. The van der Waals surface area contributed by atoms with Crippen LogP contribution in [0.3, 0.4) is 0 Å². The third-order valence-corrected chi connectivity index (χ3v) is 10.3. The number of halogens is 3. The summed E-state index contributed by atoms with van der Waals surface area (Å²) in [5.74, 6) is 3.64. The van der Waals surface area contributed by atoms with Crippen molar-refractivity contribution < 1.29 is 13.2 Å². The van der Waals surface area contributed by atoms with Crippen LogP contribution in [0.25, 0.3) is 10.9 Å². The summed E-state index contributed by atoms with van der Waals surface area (Å²) in [6.45, 7) is 34.5. The number of allylic oxidation sites excluding steroid dienone is 2. The zero-order valence-electron chi connectivity index (χ0n) is 39.0. The van der Waals surface area contributed by atoms with Gasteiger partial charge < -0.3 is 21.4 Å². The zero-order valence-corrected chi connectivity index (χ0v) is 39.0. The monoisotopic (exact) mass is 801 g/mol. The molecule has 5 N–H and O–H groups in total. The average molecular weight is 801 g/mol. The van der Waals surface area contributed by atoms with Gasteiger partial charge in [-0.1, -0.05) is 176 Å². The fourth-order valence-electron chi connectivity index (χ4n) is 6.99. The highest BCUT2D eigenvalue weighted by Crippen LogP contribution is 2.35. The molecule has 2 aromatic carbocycles. The highest BCUT2D eigenvalue weighted by Gasteiger charge is 2.33. The molecule has 0 bridgehead atoms. The van der Waals surface area contributed by atoms with E-state index in [4.69, 9.17) is 5.73 Å². The second-order valence-electron chi connectivity index (χ2n) is 15.8. The maximum atomic E-state index is 12.3. The number of anilines is 2. The number of H-pyrrole nitrogens is 1. The first kappa shape index (κ1) is 55.7. The smallest absolute Gasteiger partial charge is 0.398 e. The van der Waals surface area contributed by atoms with Gasteiger partial charge in [0, 0.05) is 34.5 Å². The van der Waals surface area contributed by atoms with Gasteiger partial charge in [0.05, 0.1) is 11.3 Å². The van der Waals surface area contributed by atoms with E-state index in [2.05, 4.69) is 122 Å². The van der Waals surface area contributed by atoms with Gasteiger partial charge in [-0.25, -0.2) is 0 Å². The lowest BCUT2D eigenvalue weighted by atomic mass is 9.81. The van der Waals surface area contributed by atoms with Crippen LogP contribution in [0.5, 0.6) is 0 Å². The summed E-state index contributed by atoms with van der Waals surface area (Å²) in [5.41, 5.74) is 10.2. The second kappa shape index (κ2) is 32.6. The molecule has 0 saturated heterocycles. The van der Waals surface area contributed by atoms with E-state index in [1.54, 1.807) is 19.9 Å². The van der Waals surface area contributed by atoms with E-state index in [-0.39, 0.29) is 5.69 Å². The van der Waals surface area contributed by atoms with Crippen LogP contribution >= 0.6 is 0 Å². The number of aromatic amines is 1. The molecule has 0 spiro atoms. The highest BCUT2D eigenvalue weighted by molar-refractivity contribution is 5.94. The summed E-state index contributed by atoms with van der Waals surface area (Å²) in [4.78, 5) is 3.38. The molecule has 3 rings (SSSR count). The van der Waals surface area contributed by atoms with Crippen LogP contribution in [0.4, 0.5) is 24.5 Å². The van der Waals surface area contributed by atoms with Gasteiger partial charge in [-0.15, -0.1) is 0 Å². The number of benzene rings is 2. The van der Waals surface area contributed by atoms with E-state index >= 15 is 0 Å². The largest absolute Gasteiger partial charge is 0.418 e. The van der Waals surface area contributed by atoms with E-state index in [0.29, 0.717) is 11.1 Å². The molecule has 3 atom stereocenters. The van der Waals surface area contributed by atoms with E-state index in [1.165, 1.54) is 98.6 Å². The molecule has 57 heavy (non-hydrogen) atoms.